The second-order valence-electron chi connectivity index (χ2n) is 8.76. The maximum Gasteiger partial charge on any atom is 0.427 e. The van der Waals surface area contributed by atoms with Crippen molar-refractivity contribution in [3.63, 3.8) is 0 Å². The van der Waals surface area contributed by atoms with Crippen LogP contribution in [0.5, 0.6) is 5.75 Å². The van der Waals surface area contributed by atoms with Crippen LogP contribution < -0.4 is 4.74 Å². The summed E-state index contributed by atoms with van der Waals surface area (Å²) in [4.78, 5) is 0. The second kappa shape index (κ2) is 11.3. The molecule has 0 N–H and O–H groups in total. The third kappa shape index (κ3) is 6.03. The smallest absolute Gasteiger partial charge is 0.424 e. The van der Waals surface area contributed by atoms with Crippen molar-refractivity contribution in [1.29, 1.82) is 0 Å². The number of hydrogen-bond acceptors (Lipinski definition) is 1. The normalized spacial score (nSPS) is 11.6. The highest BCUT2D eigenvalue weighted by Gasteiger charge is 2.38. The van der Waals surface area contributed by atoms with Crippen LogP contribution in [0.25, 0.3) is 22.3 Å². The highest BCUT2D eigenvalue weighted by molar-refractivity contribution is 6.32. The van der Waals surface area contributed by atoms with Gasteiger partial charge in [0.25, 0.3) is 0 Å². The second-order valence-corrected chi connectivity index (χ2v) is 9.16. The molecule has 0 saturated carbocycles. The first-order chi connectivity index (χ1) is 18.4. The molecule has 0 aliphatic carbocycles. The predicted molar refractivity (Wildman–Crippen MR) is 132 cm³/mol. The predicted octanol–water partition coefficient (Wildman–Crippen LogP) is 9.98. The van der Waals surface area contributed by atoms with Crippen LogP contribution in [0.3, 0.4) is 0 Å². The lowest BCUT2D eigenvalue weighted by molar-refractivity contribution is -0.187. The van der Waals surface area contributed by atoms with Gasteiger partial charge in [-0.25, -0.2) is 26.3 Å². The lowest BCUT2D eigenvalue weighted by atomic mass is 10.0. The Labute approximate surface area is 223 Å². The van der Waals surface area contributed by atoms with Crippen LogP contribution in [0.1, 0.15) is 30.9 Å². The number of alkyl halides is 2. The molecular weight excluding hydrogens is 552 g/mol. The standard InChI is InChI=1S/C29H19ClF8O/c1-2-3-4-15-5-7-16(8-6-15)17-9-20(30)28(25(35)10-17)39-29(37,38)19-13-21(31)26(22(32)14-19)18-11-23(33)27(36)24(34)12-18/h5-14H,2-4H2,1H3. The Kier molecular flexibility index (Phi) is 8.20. The van der Waals surface area contributed by atoms with Gasteiger partial charge in [0.15, 0.2) is 29.0 Å². The van der Waals surface area contributed by atoms with E-state index in [0.717, 1.165) is 30.9 Å². The molecule has 0 atom stereocenters. The molecule has 0 aromatic heterocycles. The molecule has 0 fully saturated rings. The zero-order valence-corrected chi connectivity index (χ0v) is 21.0. The van der Waals surface area contributed by atoms with Gasteiger partial charge in [-0.3, -0.25) is 0 Å². The van der Waals surface area contributed by atoms with Crippen molar-refractivity contribution in [1.82, 2.24) is 0 Å². The van der Waals surface area contributed by atoms with Crippen LogP contribution in [0.4, 0.5) is 35.1 Å². The van der Waals surface area contributed by atoms with E-state index in [2.05, 4.69) is 11.7 Å². The summed E-state index contributed by atoms with van der Waals surface area (Å²) in [7, 11) is 0. The molecule has 0 aliphatic rings. The van der Waals surface area contributed by atoms with Gasteiger partial charge in [-0.05, 0) is 71.5 Å². The zero-order valence-electron chi connectivity index (χ0n) is 20.2. The number of aryl methyl sites for hydroxylation is 1. The fraction of sp³-hybridized carbons (Fsp3) is 0.172. The van der Waals surface area contributed by atoms with Gasteiger partial charge in [0.05, 0.1) is 16.1 Å². The third-order valence-corrected chi connectivity index (χ3v) is 6.27. The first-order valence-corrected chi connectivity index (χ1v) is 12.1. The highest BCUT2D eigenvalue weighted by atomic mass is 35.5. The minimum Gasteiger partial charge on any atom is -0.424 e. The minimum absolute atomic E-state index is 0.151. The summed E-state index contributed by atoms with van der Waals surface area (Å²) in [6.45, 7) is 2.06. The third-order valence-electron chi connectivity index (χ3n) is 5.99. The molecule has 0 bridgehead atoms. The Morgan fingerprint density at radius 2 is 1.26 bits per heavy atom. The van der Waals surface area contributed by atoms with E-state index in [4.69, 9.17) is 11.6 Å². The largest absolute Gasteiger partial charge is 0.427 e. The molecule has 0 heterocycles. The molecule has 39 heavy (non-hydrogen) atoms. The number of benzene rings is 4. The molecule has 4 aromatic rings. The lowest BCUT2D eigenvalue weighted by Crippen LogP contribution is -2.23. The van der Waals surface area contributed by atoms with Crippen molar-refractivity contribution in [2.75, 3.05) is 0 Å². The lowest BCUT2D eigenvalue weighted by Gasteiger charge is -2.21. The van der Waals surface area contributed by atoms with Gasteiger partial charge in [-0.1, -0.05) is 49.2 Å². The van der Waals surface area contributed by atoms with Crippen molar-refractivity contribution in [2.45, 2.75) is 32.3 Å². The van der Waals surface area contributed by atoms with E-state index < -0.39 is 68.5 Å². The minimum atomic E-state index is -4.48. The summed E-state index contributed by atoms with van der Waals surface area (Å²) < 4.78 is 119. The quantitative estimate of drug-likeness (QED) is 0.151. The van der Waals surface area contributed by atoms with Gasteiger partial charge in [0.2, 0.25) is 0 Å². The molecular formula is C29H19ClF8O. The number of halogens is 9. The molecule has 204 valence electrons. The van der Waals surface area contributed by atoms with Gasteiger partial charge in [0.1, 0.15) is 11.6 Å². The van der Waals surface area contributed by atoms with Crippen LogP contribution in [-0.4, -0.2) is 0 Å². The summed E-state index contributed by atoms with van der Waals surface area (Å²) in [6.07, 6.45) is -1.59. The maximum atomic E-state index is 14.9. The Morgan fingerprint density at radius 3 is 1.79 bits per heavy atom. The van der Waals surface area contributed by atoms with E-state index >= 15 is 0 Å². The molecule has 0 radical (unpaired) electrons. The fourth-order valence-corrected chi connectivity index (χ4v) is 4.22. The summed E-state index contributed by atoms with van der Waals surface area (Å²) in [5.74, 6) is -10.9. The fourth-order valence-electron chi connectivity index (χ4n) is 3.97. The summed E-state index contributed by atoms with van der Waals surface area (Å²) in [6, 6.07) is 10.2. The molecule has 4 aromatic carbocycles. The number of unbranched alkanes of at least 4 members (excludes halogenated alkanes) is 1. The molecule has 0 spiro atoms. The van der Waals surface area contributed by atoms with Crippen LogP contribution >= 0.6 is 11.6 Å². The number of rotatable bonds is 8. The van der Waals surface area contributed by atoms with Crippen molar-refractivity contribution < 1.29 is 39.9 Å². The van der Waals surface area contributed by atoms with Crippen molar-refractivity contribution in [3.8, 4) is 28.0 Å². The average molecular weight is 571 g/mol. The van der Waals surface area contributed by atoms with E-state index in [1.165, 1.54) is 6.07 Å². The van der Waals surface area contributed by atoms with Gasteiger partial charge in [0, 0.05) is 0 Å². The van der Waals surface area contributed by atoms with E-state index in [1.807, 2.05) is 12.1 Å². The summed E-state index contributed by atoms with van der Waals surface area (Å²) in [5, 5.41) is -0.519. The molecule has 1 nitrogen and oxygen atoms in total. The first kappa shape index (κ1) is 28.4. The van der Waals surface area contributed by atoms with Crippen LogP contribution in [0.2, 0.25) is 5.02 Å². The van der Waals surface area contributed by atoms with E-state index in [0.29, 0.717) is 17.7 Å². The molecule has 0 saturated heterocycles. The van der Waals surface area contributed by atoms with E-state index in [-0.39, 0.29) is 17.7 Å². The average Bonchev–Trinajstić information content (AvgIpc) is 2.88. The number of hydrogen-bond donors (Lipinski definition) is 0. The molecule has 0 amide bonds. The van der Waals surface area contributed by atoms with Crippen LogP contribution in [-0.2, 0) is 12.5 Å². The first-order valence-electron chi connectivity index (χ1n) is 11.7. The monoisotopic (exact) mass is 570 g/mol. The molecule has 10 heteroatoms. The Bertz CT molecular complexity index is 1450. The number of ether oxygens (including phenoxy) is 1. The van der Waals surface area contributed by atoms with Crippen LogP contribution in [0.15, 0.2) is 60.7 Å². The van der Waals surface area contributed by atoms with Gasteiger partial charge >= 0.3 is 6.11 Å². The van der Waals surface area contributed by atoms with Gasteiger partial charge < -0.3 is 4.74 Å². The van der Waals surface area contributed by atoms with Crippen molar-refractivity contribution >= 4 is 11.6 Å². The van der Waals surface area contributed by atoms with Gasteiger partial charge in [-0.15, -0.1) is 0 Å². The SMILES string of the molecule is CCCCc1ccc(-c2cc(F)c(OC(F)(F)c3cc(F)c(-c4cc(F)c(F)c(F)c4)c(F)c3)c(Cl)c2)cc1. The van der Waals surface area contributed by atoms with Crippen LogP contribution in [0, 0.1) is 34.9 Å². The summed E-state index contributed by atoms with van der Waals surface area (Å²) in [5.41, 5.74) is -1.28. The Hall–Kier alpha value is -3.59. The highest BCUT2D eigenvalue weighted by Crippen LogP contribution is 2.41. The topological polar surface area (TPSA) is 9.23 Å². The maximum absolute atomic E-state index is 14.9. The molecule has 0 aliphatic heterocycles. The Balaban J connectivity index is 1.62. The van der Waals surface area contributed by atoms with Crippen molar-refractivity contribution in [3.05, 3.63) is 112 Å². The summed E-state index contributed by atoms with van der Waals surface area (Å²) >= 11 is 6.04. The zero-order chi connectivity index (χ0) is 28.5. The van der Waals surface area contributed by atoms with Crippen molar-refractivity contribution in [2.24, 2.45) is 0 Å². The van der Waals surface area contributed by atoms with E-state index in [1.54, 1.807) is 12.1 Å². The van der Waals surface area contributed by atoms with E-state index in [9.17, 15) is 35.1 Å². The molecule has 0 unspecified atom stereocenters. The van der Waals surface area contributed by atoms with Gasteiger partial charge in [-0.2, -0.15) is 8.78 Å². The molecule has 4 rings (SSSR count). The Morgan fingerprint density at radius 1 is 0.692 bits per heavy atom.